The maximum atomic E-state index is 11.0. The van der Waals surface area contributed by atoms with E-state index in [0.29, 0.717) is 0 Å². The molecule has 2 nitrogen and oxygen atoms in total. The molecule has 1 atom stereocenters. The molecule has 2 heteroatoms. The summed E-state index contributed by atoms with van der Waals surface area (Å²) < 4.78 is 0. The molecule has 0 saturated heterocycles. The fraction of sp³-hybridized carbons (Fsp3) is 0.571. The van der Waals surface area contributed by atoms with Gasteiger partial charge >= 0.3 is 0 Å². The van der Waals surface area contributed by atoms with Crippen molar-refractivity contribution in [2.24, 2.45) is 5.92 Å². The van der Waals surface area contributed by atoms with Gasteiger partial charge in [-0.3, -0.25) is 4.98 Å². The zero-order chi connectivity index (χ0) is 11.6. The fourth-order valence-electron chi connectivity index (χ4n) is 1.87. The van der Waals surface area contributed by atoms with Crippen LogP contribution in [0.5, 0.6) is 0 Å². The molecule has 0 spiro atoms. The molecule has 0 bridgehead atoms. The predicted octanol–water partition coefficient (Wildman–Crippen LogP) is 3.41. The maximum absolute atomic E-state index is 11.0. The molecule has 1 rings (SSSR count). The van der Waals surface area contributed by atoms with Crippen molar-refractivity contribution in [1.82, 2.24) is 4.98 Å². The van der Waals surface area contributed by atoms with Gasteiger partial charge in [-0.15, -0.1) is 0 Å². The van der Waals surface area contributed by atoms with Crippen molar-refractivity contribution in [2.45, 2.75) is 45.4 Å². The van der Waals surface area contributed by atoms with Gasteiger partial charge < -0.3 is 4.79 Å². The Bertz CT molecular complexity index is 284. The zero-order valence-electron chi connectivity index (χ0n) is 10.1. The lowest BCUT2D eigenvalue weighted by Crippen LogP contribution is -2.06. The van der Waals surface area contributed by atoms with E-state index in [4.69, 9.17) is 0 Å². The number of nitrogens with zero attached hydrogens (tertiary/aromatic N) is 1. The molecule has 0 aliphatic rings. The van der Waals surface area contributed by atoms with Crippen LogP contribution in [-0.4, -0.2) is 11.3 Å². The van der Waals surface area contributed by atoms with Gasteiger partial charge in [-0.05, 0) is 30.5 Å². The quantitative estimate of drug-likeness (QED) is 0.495. The zero-order valence-corrected chi connectivity index (χ0v) is 10.1. The summed E-state index contributed by atoms with van der Waals surface area (Å²) >= 11 is 0. The molecule has 0 aliphatic heterocycles. The van der Waals surface area contributed by atoms with Crippen molar-refractivity contribution < 1.29 is 4.79 Å². The molecule has 0 radical (unpaired) electrons. The summed E-state index contributed by atoms with van der Waals surface area (Å²) in [6.45, 7) is 2.20. The van der Waals surface area contributed by atoms with Crippen LogP contribution in [0.1, 0.15) is 44.6 Å². The van der Waals surface area contributed by atoms with Gasteiger partial charge in [0.25, 0.3) is 0 Å². The Morgan fingerprint density at radius 3 is 2.62 bits per heavy atom. The van der Waals surface area contributed by atoms with E-state index in [1.54, 1.807) is 12.4 Å². The van der Waals surface area contributed by atoms with Crippen LogP contribution < -0.4 is 0 Å². The third kappa shape index (κ3) is 5.06. The van der Waals surface area contributed by atoms with Crippen LogP contribution in [0, 0.1) is 5.92 Å². The van der Waals surface area contributed by atoms with E-state index >= 15 is 0 Å². The molecular formula is C14H21NO. The summed E-state index contributed by atoms with van der Waals surface area (Å²) in [4.78, 5) is 14.9. The standard InChI is InChI=1S/C14H21NO/c1-2-3-4-5-6-14(12-16)11-13-7-9-15-10-8-13/h7-10,12,14H,2-6,11H2,1H3/t14-/m0/s1. The number of carbonyl (C=O) groups is 1. The first-order valence-corrected chi connectivity index (χ1v) is 6.21. The van der Waals surface area contributed by atoms with Gasteiger partial charge in [-0.2, -0.15) is 0 Å². The average molecular weight is 219 g/mol. The Morgan fingerprint density at radius 2 is 2.00 bits per heavy atom. The number of hydrogen-bond donors (Lipinski definition) is 0. The average Bonchev–Trinajstić information content (AvgIpc) is 2.34. The van der Waals surface area contributed by atoms with Gasteiger partial charge in [0.1, 0.15) is 6.29 Å². The van der Waals surface area contributed by atoms with Gasteiger partial charge in [0.2, 0.25) is 0 Å². The monoisotopic (exact) mass is 219 g/mol. The van der Waals surface area contributed by atoms with Gasteiger partial charge in [-0.25, -0.2) is 0 Å². The van der Waals surface area contributed by atoms with E-state index < -0.39 is 0 Å². The number of rotatable bonds is 8. The highest BCUT2D eigenvalue weighted by Crippen LogP contribution is 2.14. The predicted molar refractivity (Wildman–Crippen MR) is 66.3 cm³/mol. The number of unbranched alkanes of at least 4 members (excludes halogenated alkanes) is 3. The second kappa shape index (κ2) is 8.03. The molecule has 0 unspecified atom stereocenters. The highest BCUT2D eigenvalue weighted by Gasteiger charge is 2.07. The lowest BCUT2D eigenvalue weighted by Gasteiger charge is -2.09. The molecule has 0 fully saturated rings. The van der Waals surface area contributed by atoms with Crippen LogP contribution in [0.25, 0.3) is 0 Å². The molecule has 1 heterocycles. The lowest BCUT2D eigenvalue weighted by atomic mass is 9.95. The SMILES string of the molecule is CCCCCC[C@H](C=O)Cc1ccncc1. The second-order valence-corrected chi connectivity index (χ2v) is 4.31. The number of pyridine rings is 1. The van der Waals surface area contributed by atoms with Gasteiger partial charge in [0, 0.05) is 18.3 Å². The summed E-state index contributed by atoms with van der Waals surface area (Å²) in [7, 11) is 0. The lowest BCUT2D eigenvalue weighted by molar-refractivity contribution is -0.111. The van der Waals surface area contributed by atoms with Crippen LogP contribution in [0.2, 0.25) is 0 Å². The first-order chi connectivity index (χ1) is 7.86. The van der Waals surface area contributed by atoms with Crippen LogP contribution >= 0.6 is 0 Å². The number of aldehydes is 1. The van der Waals surface area contributed by atoms with Crippen LogP contribution in [0.15, 0.2) is 24.5 Å². The van der Waals surface area contributed by atoms with Crippen LogP contribution in [0.3, 0.4) is 0 Å². The van der Waals surface area contributed by atoms with E-state index in [0.717, 1.165) is 19.1 Å². The Hall–Kier alpha value is -1.18. The normalized spacial score (nSPS) is 12.3. The summed E-state index contributed by atoms with van der Waals surface area (Å²) in [5.74, 6) is 0.180. The molecule has 0 N–H and O–H groups in total. The summed E-state index contributed by atoms with van der Waals surface area (Å²) in [5.41, 5.74) is 1.21. The Labute approximate surface area is 98.1 Å². The molecule has 16 heavy (non-hydrogen) atoms. The van der Waals surface area contributed by atoms with Crippen LogP contribution in [-0.2, 0) is 11.2 Å². The number of hydrogen-bond acceptors (Lipinski definition) is 2. The Balaban J connectivity index is 2.29. The molecule has 1 aromatic heterocycles. The minimum Gasteiger partial charge on any atom is -0.303 e. The van der Waals surface area contributed by atoms with E-state index in [9.17, 15) is 4.79 Å². The van der Waals surface area contributed by atoms with Crippen molar-refractivity contribution in [3.63, 3.8) is 0 Å². The molecule has 0 amide bonds. The Morgan fingerprint density at radius 1 is 1.25 bits per heavy atom. The minimum absolute atomic E-state index is 0.180. The maximum Gasteiger partial charge on any atom is 0.123 e. The van der Waals surface area contributed by atoms with E-state index in [2.05, 4.69) is 11.9 Å². The third-order valence-corrected chi connectivity index (χ3v) is 2.87. The topological polar surface area (TPSA) is 30.0 Å². The van der Waals surface area contributed by atoms with Gasteiger partial charge in [-0.1, -0.05) is 32.6 Å². The molecular weight excluding hydrogens is 198 g/mol. The first kappa shape index (κ1) is 12.9. The summed E-state index contributed by atoms with van der Waals surface area (Å²) in [6, 6.07) is 3.98. The van der Waals surface area contributed by atoms with Crippen molar-refractivity contribution in [2.75, 3.05) is 0 Å². The van der Waals surface area contributed by atoms with Crippen molar-refractivity contribution in [1.29, 1.82) is 0 Å². The first-order valence-electron chi connectivity index (χ1n) is 6.21. The van der Waals surface area contributed by atoms with Crippen LogP contribution in [0.4, 0.5) is 0 Å². The van der Waals surface area contributed by atoms with Crippen molar-refractivity contribution >= 4 is 6.29 Å². The second-order valence-electron chi connectivity index (χ2n) is 4.31. The largest absolute Gasteiger partial charge is 0.303 e. The highest BCUT2D eigenvalue weighted by atomic mass is 16.1. The number of aromatic nitrogens is 1. The molecule has 1 aromatic rings. The third-order valence-electron chi connectivity index (χ3n) is 2.87. The minimum atomic E-state index is 0.180. The van der Waals surface area contributed by atoms with E-state index in [1.165, 1.54) is 31.2 Å². The van der Waals surface area contributed by atoms with Gasteiger partial charge in [0.15, 0.2) is 0 Å². The van der Waals surface area contributed by atoms with Crippen molar-refractivity contribution in [3.8, 4) is 0 Å². The molecule has 0 aliphatic carbocycles. The molecule has 88 valence electrons. The van der Waals surface area contributed by atoms with E-state index in [1.807, 2.05) is 12.1 Å². The van der Waals surface area contributed by atoms with Gasteiger partial charge in [0.05, 0.1) is 0 Å². The smallest absolute Gasteiger partial charge is 0.123 e. The summed E-state index contributed by atoms with van der Waals surface area (Å²) in [6.07, 6.45) is 11.5. The fourth-order valence-corrected chi connectivity index (χ4v) is 1.87. The number of carbonyl (C=O) groups excluding carboxylic acids is 1. The molecule has 0 saturated carbocycles. The Kier molecular flexibility index (Phi) is 6.47. The highest BCUT2D eigenvalue weighted by molar-refractivity contribution is 5.54. The van der Waals surface area contributed by atoms with Crippen molar-refractivity contribution in [3.05, 3.63) is 30.1 Å². The van der Waals surface area contributed by atoms with E-state index in [-0.39, 0.29) is 5.92 Å². The molecule has 0 aromatic carbocycles. The summed E-state index contributed by atoms with van der Waals surface area (Å²) in [5, 5.41) is 0.